The lowest BCUT2D eigenvalue weighted by Gasteiger charge is -2.32. The molecule has 3 N–H and O–H groups in total. The Labute approximate surface area is 170 Å². The number of hydrogen-bond acceptors (Lipinski definition) is 4. The highest BCUT2D eigenvalue weighted by atomic mass is 35.5. The van der Waals surface area contributed by atoms with E-state index in [2.05, 4.69) is 24.1 Å². The number of carbonyl (C=O) groups is 1. The molecule has 1 amide bonds. The van der Waals surface area contributed by atoms with Crippen molar-refractivity contribution in [3.05, 3.63) is 34.6 Å². The maximum Gasteiger partial charge on any atom is 0.237 e. The zero-order chi connectivity index (χ0) is 18.6. The Hall–Kier alpha value is -0.530. The number of rotatable bonds is 7. The third-order valence-corrected chi connectivity index (χ3v) is 5.63. The number of carbonyl (C=O) groups excluding carboxylic acids is 1. The minimum Gasteiger partial charge on any atom is -0.350 e. The summed E-state index contributed by atoms with van der Waals surface area (Å²) >= 11 is 7.49. The lowest BCUT2D eigenvalue weighted by atomic mass is 9.98. The highest BCUT2D eigenvalue weighted by molar-refractivity contribution is 7.98. The minimum absolute atomic E-state index is 0. The van der Waals surface area contributed by atoms with E-state index in [0.29, 0.717) is 6.42 Å². The van der Waals surface area contributed by atoms with Crippen LogP contribution < -0.4 is 11.1 Å². The Balaban J connectivity index is 0.00000338. The predicted molar refractivity (Wildman–Crippen MR) is 111 cm³/mol. The molecule has 0 radical (unpaired) electrons. The smallest absolute Gasteiger partial charge is 0.237 e. The van der Waals surface area contributed by atoms with Gasteiger partial charge in [-0.2, -0.15) is 11.8 Å². The Morgan fingerprint density at radius 2 is 2.19 bits per heavy atom. The fraction of sp³-hybridized carbons (Fsp3) is 0.611. The maximum atomic E-state index is 14.0. The summed E-state index contributed by atoms with van der Waals surface area (Å²) < 4.78 is 14.0. The van der Waals surface area contributed by atoms with Gasteiger partial charge in [-0.15, -0.1) is 12.4 Å². The number of nitrogens with zero attached hydrogens (tertiary/aromatic N) is 1. The van der Waals surface area contributed by atoms with E-state index in [1.165, 1.54) is 6.07 Å². The van der Waals surface area contributed by atoms with Gasteiger partial charge in [0.15, 0.2) is 0 Å². The van der Waals surface area contributed by atoms with E-state index >= 15 is 0 Å². The summed E-state index contributed by atoms with van der Waals surface area (Å²) in [5.41, 5.74) is 6.82. The molecule has 1 aliphatic heterocycles. The molecular weight excluding hydrogens is 396 g/mol. The van der Waals surface area contributed by atoms with Crippen molar-refractivity contribution in [2.45, 2.75) is 50.9 Å². The summed E-state index contributed by atoms with van der Waals surface area (Å²) in [6.07, 6.45) is 3.45. The molecule has 0 aliphatic carbocycles. The highest BCUT2D eigenvalue weighted by Gasteiger charge is 2.38. The minimum atomic E-state index is -0.511. The van der Waals surface area contributed by atoms with Crippen molar-refractivity contribution in [1.29, 1.82) is 0 Å². The van der Waals surface area contributed by atoms with Crippen LogP contribution in [0.2, 0.25) is 5.02 Å². The number of likely N-dealkylation sites (tertiary alicyclic amines) is 1. The Morgan fingerprint density at radius 3 is 2.77 bits per heavy atom. The number of amides is 1. The molecular formula is C18H28Cl2FN3OS. The molecule has 1 aromatic rings. The molecule has 2 rings (SSSR count). The summed E-state index contributed by atoms with van der Waals surface area (Å²) in [7, 11) is 0. The first-order chi connectivity index (χ1) is 11.8. The molecule has 1 fully saturated rings. The SMILES string of the molecule is CSCCC(N)C(=O)NC1CCN(C(C)C)C1c1ccc(Cl)c(F)c1.Cl. The molecule has 3 atom stereocenters. The van der Waals surface area contributed by atoms with Gasteiger partial charge >= 0.3 is 0 Å². The van der Waals surface area contributed by atoms with Crippen LogP contribution in [0.4, 0.5) is 4.39 Å². The lowest BCUT2D eigenvalue weighted by molar-refractivity contribution is -0.123. The molecule has 8 heteroatoms. The maximum absolute atomic E-state index is 14.0. The predicted octanol–water partition coefficient (Wildman–Crippen LogP) is 3.62. The second-order valence-corrected chi connectivity index (χ2v) is 8.13. The Bertz CT molecular complexity index is 606. The Kier molecular flexibility index (Phi) is 9.69. The van der Waals surface area contributed by atoms with Gasteiger partial charge in [-0.1, -0.05) is 17.7 Å². The molecule has 0 spiro atoms. The Morgan fingerprint density at radius 1 is 1.50 bits per heavy atom. The number of benzene rings is 1. The fourth-order valence-corrected chi connectivity index (χ4v) is 3.94. The molecule has 4 nitrogen and oxygen atoms in total. The number of hydrogen-bond donors (Lipinski definition) is 2. The third-order valence-electron chi connectivity index (χ3n) is 4.68. The van der Waals surface area contributed by atoms with Crippen LogP contribution in [0.3, 0.4) is 0 Å². The molecule has 148 valence electrons. The van der Waals surface area contributed by atoms with Gasteiger partial charge in [0.05, 0.1) is 17.1 Å². The van der Waals surface area contributed by atoms with Gasteiger partial charge in [0, 0.05) is 18.6 Å². The topological polar surface area (TPSA) is 58.4 Å². The number of thioether (sulfide) groups is 1. The van der Waals surface area contributed by atoms with Crippen LogP contribution in [0, 0.1) is 5.82 Å². The molecule has 1 aliphatic rings. The summed E-state index contributed by atoms with van der Waals surface area (Å²) in [5, 5.41) is 3.19. The second kappa shape index (κ2) is 10.7. The molecule has 0 bridgehead atoms. The van der Waals surface area contributed by atoms with Crippen LogP contribution in [0.1, 0.15) is 38.3 Å². The van der Waals surface area contributed by atoms with Gasteiger partial charge in [0.2, 0.25) is 5.91 Å². The first-order valence-corrected chi connectivity index (χ1v) is 10.4. The van der Waals surface area contributed by atoms with Crippen LogP contribution in [-0.4, -0.2) is 47.5 Å². The fourth-order valence-electron chi connectivity index (χ4n) is 3.33. The van der Waals surface area contributed by atoms with E-state index in [4.69, 9.17) is 17.3 Å². The quantitative estimate of drug-likeness (QED) is 0.702. The normalized spacial score (nSPS) is 21.5. The van der Waals surface area contributed by atoms with E-state index in [9.17, 15) is 9.18 Å². The van der Waals surface area contributed by atoms with E-state index in [-0.39, 0.29) is 41.5 Å². The third kappa shape index (κ3) is 5.73. The molecule has 1 saturated heterocycles. The van der Waals surface area contributed by atoms with E-state index in [1.54, 1.807) is 17.8 Å². The number of nitrogens with one attached hydrogen (secondary N) is 1. The first-order valence-electron chi connectivity index (χ1n) is 8.60. The summed E-state index contributed by atoms with van der Waals surface area (Å²) in [4.78, 5) is 14.7. The zero-order valence-corrected chi connectivity index (χ0v) is 17.8. The van der Waals surface area contributed by atoms with Gasteiger partial charge in [0.1, 0.15) is 5.82 Å². The van der Waals surface area contributed by atoms with E-state index < -0.39 is 11.9 Å². The monoisotopic (exact) mass is 423 g/mol. The zero-order valence-electron chi connectivity index (χ0n) is 15.4. The van der Waals surface area contributed by atoms with E-state index in [1.807, 2.05) is 12.3 Å². The number of halogens is 3. The van der Waals surface area contributed by atoms with Gasteiger partial charge < -0.3 is 11.1 Å². The largest absolute Gasteiger partial charge is 0.350 e. The van der Waals surface area contributed by atoms with Crippen LogP contribution in [0.25, 0.3) is 0 Å². The lowest BCUT2D eigenvalue weighted by Crippen LogP contribution is -2.48. The molecule has 26 heavy (non-hydrogen) atoms. The first kappa shape index (κ1) is 23.5. The summed E-state index contributed by atoms with van der Waals surface area (Å²) in [6.45, 7) is 5.05. The summed E-state index contributed by atoms with van der Waals surface area (Å²) in [5.74, 6) is 0.282. The van der Waals surface area contributed by atoms with Crippen molar-refractivity contribution < 1.29 is 9.18 Å². The van der Waals surface area contributed by atoms with Crippen molar-refractivity contribution in [1.82, 2.24) is 10.2 Å². The molecule has 1 heterocycles. The molecule has 3 unspecified atom stereocenters. The van der Waals surface area contributed by atoms with Crippen molar-refractivity contribution in [3.8, 4) is 0 Å². The van der Waals surface area contributed by atoms with Crippen molar-refractivity contribution >= 4 is 41.7 Å². The van der Waals surface area contributed by atoms with Crippen LogP contribution >= 0.6 is 35.8 Å². The van der Waals surface area contributed by atoms with Crippen LogP contribution in [-0.2, 0) is 4.79 Å². The molecule has 1 aromatic carbocycles. The molecule has 0 aromatic heterocycles. The standard InChI is InChI=1S/C18H27ClFN3OS.ClH/c1-11(2)23-8-6-16(22-18(24)15(21)7-9-25-3)17(23)12-4-5-13(19)14(20)10-12;/h4-5,10-11,15-17H,6-9,21H2,1-3H3,(H,22,24);1H. The van der Waals surface area contributed by atoms with Gasteiger partial charge in [-0.05, 0) is 56.4 Å². The average molecular weight is 424 g/mol. The summed E-state index contributed by atoms with van der Waals surface area (Å²) in [6, 6.07) is 4.49. The van der Waals surface area contributed by atoms with Gasteiger partial charge in [0.25, 0.3) is 0 Å². The van der Waals surface area contributed by atoms with Gasteiger partial charge in [-0.25, -0.2) is 4.39 Å². The van der Waals surface area contributed by atoms with Crippen molar-refractivity contribution in [3.63, 3.8) is 0 Å². The molecule has 0 saturated carbocycles. The van der Waals surface area contributed by atoms with Gasteiger partial charge in [-0.3, -0.25) is 9.69 Å². The van der Waals surface area contributed by atoms with E-state index in [0.717, 1.165) is 24.3 Å². The second-order valence-electron chi connectivity index (χ2n) is 6.74. The van der Waals surface area contributed by atoms with Crippen molar-refractivity contribution in [2.24, 2.45) is 5.73 Å². The number of nitrogens with two attached hydrogens (primary N) is 1. The highest BCUT2D eigenvalue weighted by Crippen LogP contribution is 2.35. The average Bonchev–Trinajstić information content (AvgIpc) is 2.98. The van der Waals surface area contributed by atoms with Crippen LogP contribution in [0.15, 0.2) is 18.2 Å². The van der Waals surface area contributed by atoms with Crippen LogP contribution in [0.5, 0.6) is 0 Å². The van der Waals surface area contributed by atoms with Crippen molar-refractivity contribution in [2.75, 3.05) is 18.6 Å².